The molecule has 3 rings (SSSR count). The smallest absolute Gasteiger partial charge is 0.263 e. The van der Waals surface area contributed by atoms with Crippen molar-refractivity contribution in [1.29, 1.82) is 0 Å². The normalized spacial score (nSPS) is 17.0. The molecule has 1 fully saturated rings. The molecule has 2 aromatic rings. The van der Waals surface area contributed by atoms with Gasteiger partial charge in [-0.2, -0.15) is 0 Å². The molecule has 23 heavy (non-hydrogen) atoms. The van der Waals surface area contributed by atoms with E-state index in [-0.39, 0.29) is 11.3 Å². The van der Waals surface area contributed by atoms with Gasteiger partial charge in [-0.1, -0.05) is 30.3 Å². The molecule has 1 aromatic heterocycles. The summed E-state index contributed by atoms with van der Waals surface area (Å²) in [6, 6.07) is 10.5. The fourth-order valence-electron chi connectivity index (χ4n) is 3.19. The Hall–Kier alpha value is -1.72. The molecule has 122 valence electrons. The van der Waals surface area contributed by atoms with Crippen molar-refractivity contribution in [2.24, 2.45) is 0 Å². The molecule has 0 aliphatic carbocycles. The Bertz CT molecular complexity index is 676. The number of thiazole rings is 1. The molecule has 1 aliphatic heterocycles. The third-order valence-electron chi connectivity index (χ3n) is 4.53. The van der Waals surface area contributed by atoms with Gasteiger partial charge in [-0.05, 0) is 32.3 Å². The fourth-order valence-corrected chi connectivity index (χ4v) is 4.03. The Balaban J connectivity index is 1.77. The van der Waals surface area contributed by atoms with Crippen LogP contribution in [0.4, 0.5) is 0 Å². The molecule has 0 radical (unpaired) electrons. The highest BCUT2D eigenvalue weighted by molar-refractivity contribution is 7.13. The number of carbonyl (C=O) groups is 1. The van der Waals surface area contributed by atoms with Crippen molar-refractivity contribution in [3.63, 3.8) is 0 Å². The predicted molar refractivity (Wildman–Crippen MR) is 92.1 cm³/mol. The quantitative estimate of drug-likeness (QED) is 0.936. The molecular weight excluding hydrogens is 308 g/mol. The van der Waals surface area contributed by atoms with Gasteiger partial charge in [0.2, 0.25) is 0 Å². The van der Waals surface area contributed by atoms with Gasteiger partial charge in [0.05, 0.1) is 10.7 Å². The molecular formula is C18H22N2O2S. The molecule has 1 saturated heterocycles. The minimum absolute atomic E-state index is 0.0186. The van der Waals surface area contributed by atoms with Gasteiger partial charge < -0.3 is 10.1 Å². The summed E-state index contributed by atoms with van der Waals surface area (Å²) in [5, 5.41) is 4.07. The van der Waals surface area contributed by atoms with Crippen LogP contribution in [-0.4, -0.2) is 30.6 Å². The van der Waals surface area contributed by atoms with Crippen LogP contribution in [0.5, 0.6) is 0 Å². The molecule has 0 spiro atoms. The minimum atomic E-state index is -0.0389. The first-order valence-corrected chi connectivity index (χ1v) is 8.78. The lowest BCUT2D eigenvalue weighted by Crippen LogP contribution is -2.44. The third kappa shape index (κ3) is 3.46. The average Bonchev–Trinajstić information content (AvgIpc) is 2.93. The number of ether oxygens (including phenoxy) is 1. The van der Waals surface area contributed by atoms with Crippen molar-refractivity contribution in [2.75, 3.05) is 19.8 Å². The van der Waals surface area contributed by atoms with Gasteiger partial charge in [-0.25, -0.2) is 4.98 Å². The lowest BCUT2D eigenvalue weighted by Gasteiger charge is -2.38. The first kappa shape index (κ1) is 16.1. The molecule has 2 heterocycles. The molecule has 1 N–H and O–H groups in total. The van der Waals surface area contributed by atoms with Gasteiger partial charge >= 0.3 is 0 Å². The van der Waals surface area contributed by atoms with Crippen LogP contribution in [0.2, 0.25) is 0 Å². The van der Waals surface area contributed by atoms with Crippen LogP contribution in [-0.2, 0) is 10.2 Å². The van der Waals surface area contributed by atoms with E-state index in [0.29, 0.717) is 6.54 Å². The first-order valence-electron chi connectivity index (χ1n) is 7.96. The Kier molecular flexibility index (Phi) is 4.78. The van der Waals surface area contributed by atoms with E-state index < -0.39 is 0 Å². The number of hydrogen-bond acceptors (Lipinski definition) is 4. The summed E-state index contributed by atoms with van der Waals surface area (Å²) in [6.07, 6.45) is 1.86. The molecule has 4 nitrogen and oxygen atoms in total. The molecule has 5 heteroatoms. The second kappa shape index (κ2) is 6.81. The third-order valence-corrected chi connectivity index (χ3v) is 5.60. The molecule has 0 saturated carbocycles. The van der Waals surface area contributed by atoms with Crippen LogP contribution in [0.3, 0.4) is 0 Å². The van der Waals surface area contributed by atoms with Crippen LogP contribution in [0, 0.1) is 13.8 Å². The highest BCUT2D eigenvalue weighted by Crippen LogP contribution is 2.34. The zero-order valence-corrected chi connectivity index (χ0v) is 14.4. The van der Waals surface area contributed by atoms with E-state index in [0.717, 1.165) is 41.6 Å². The van der Waals surface area contributed by atoms with E-state index in [1.165, 1.54) is 16.9 Å². The highest BCUT2D eigenvalue weighted by atomic mass is 32.1. The largest absolute Gasteiger partial charge is 0.381 e. The Labute approximate surface area is 140 Å². The summed E-state index contributed by atoms with van der Waals surface area (Å²) in [7, 11) is 0. The van der Waals surface area contributed by atoms with Crippen LogP contribution < -0.4 is 5.32 Å². The van der Waals surface area contributed by atoms with Crippen LogP contribution in [0.25, 0.3) is 0 Å². The fraction of sp³-hybridized carbons (Fsp3) is 0.444. The van der Waals surface area contributed by atoms with Crippen molar-refractivity contribution in [1.82, 2.24) is 10.3 Å². The maximum Gasteiger partial charge on any atom is 0.263 e. The molecule has 1 aromatic carbocycles. The number of hydrogen-bond donors (Lipinski definition) is 1. The summed E-state index contributed by atoms with van der Waals surface area (Å²) in [6.45, 7) is 5.93. The van der Waals surface area contributed by atoms with E-state index in [1.54, 1.807) is 0 Å². The monoisotopic (exact) mass is 330 g/mol. The Morgan fingerprint density at radius 3 is 2.57 bits per heavy atom. The number of aromatic nitrogens is 1. The average molecular weight is 330 g/mol. The van der Waals surface area contributed by atoms with Crippen molar-refractivity contribution in [2.45, 2.75) is 32.1 Å². The van der Waals surface area contributed by atoms with Crippen LogP contribution >= 0.6 is 11.3 Å². The molecule has 1 amide bonds. The van der Waals surface area contributed by atoms with E-state index in [1.807, 2.05) is 19.9 Å². The topological polar surface area (TPSA) is 51.2 Å². The maximum absolute atomic E-state index is 12.5. The van der Waals surface area contributed by atoms with Crippen LogP contribution in [0.1, 0.15) is 38.8 Å². The minimum Gasteiger partial charge on any atom is -0.381 e. The summed E-state index contributed by atoms with van der Waals surface area (Å²) >= 11 is 1.46. The second-order valence-electron chi connectivity index (χ2n) is 6.09. The number of nitrogens with one attached hydrogen (secondary N) is 1. The van der Waals surface area contributed by atoms with Gasteiger partial charge in [0.1, 0.15) is 4.88 Å². The first-order chi connectivity index (χ1) is 11.1. The molecule has 0 unspecified atom stereocenters. The van der Waals surface area contributed by atoms with Gasteiger partial charge in [0.15, 0.2) is 0 Å². The number of amides is 1. The summed E-state index contributed by atoms with van der Waals surface area (Å²) in [4.78, 5) is 17.6. The number of benzene rings is 1. The molecule has 0 atom stereocenters. The number of carbonyl (C=O) groups excluding carboxylic acids is 1. The van der Waals surface area contributed by atoms with Gasteiger partial charge in [0.25, 0.3) is 5.91 Å². The number of aryl methyl sites for hydroxylation is 2. The summed E-state index contributed by atoms with van der Waals surface area (Å²) in [5.41, 5.74) is 2.05. The van der Waals surface area contributed by atoms with Gasteiger partial charge in [-0.3, -0.25) is 4.79 Å². The van der Waals surface area contributed by atoms with Crippen LogP contribution in [0.15, 0.2) is 30.3 Å². The lowest BCUT2D eigenvalue weighted by molar-refractivity contribution is 0.0487. The van der Waals surface area contributed by atoms with Crippen molar-refractivity contribution >= 4 is 17.2 Å². The van der Waals surface area contributed by atoms with E-state index in [2.05, 4.69) is 34.6 Å². The van der Waals surface area contributed by atoms with Gasteiger partial charge in [0, 0.05) is 25.2 Å². The van der Waals surface area contributed by atoms with Crippen molar-refractivity contribution in [3.8, 4) is 0 Å². The van der Waals surface area contributed by atoms with Gasteiger partial charge in [-0.15, -0.1) is 11.3 Å². The van der Waals surface area contributed by atoms with E-state index >= 15 is 0 Å². The second-order valence-corrected chi connectivity index (χ2v) is 7.29. The van der Waals surface area contributed by atoms with E-state index in [4.69, 9.17) is 4.74 Å². The van der Waals surface area contributed by atoms with E-state index in [9.17, 15) is 4.79 Å². The molecule has 0 bridgehead atoms. The molecule has 1 aliphatic rings. The Morgan fingerprint density at radius 1 is 1.26 bits per heavy atom. The number of nitrogens with zero attached hydrogens (tertiary/aromatic N) is 1. The zero-order valence-electron chi connectivity index (χ0n) is 13.6. The standard InChI is InChI=1S/C18H22N2O2S/c1-13-16(23-14(2)20-13)17(21)19-12-18(8-10-22-11-9-18)15-6-4-3-5-7-15/h3-7H,8-12H2,1-2H3,(H,19,21). The Morgan fingerprint density at radius 2 is 1.96 bits per heavy atom. The van der Waals surface area contributed by atoms with Crippen molar-refractivity contribution < 1.29 is 9.53 Å². The van der Waals surface area contributed by atoms with Crippen molar-refractivity contribution in [3.05, 3.63) is 51.5 Å². The summed E-state index contributed by atoms with van der Waals surface area (Å²) in [5.74, 6) is -0.0186. The lowest BCUT2D eigenvalue weighted by atomic mass is 9.74. The highest BCUT2D eigenvalue weighted by Gasteiger charge is 2.35. The SMILES string of the molecule is Cc1nc(C)c(C(=O)NCC2(c3ccccc3)CCOCC2)s1. The predicted octanol–water partition coefficient (Wildman–Crippen LogP) is 3.24. The zero-order chi connectivity index (χ0) is 16.3. The number of rotatable bonds is 4. The maximum atomic E-state index is 12.5. The summed E-state index contributed by atoms with van der Waals surface area (Å²) < 4.78 is 5.54.